The second-order valence-electron chi connectivity index (χ2n) is 7.67. The number of alkyl carbamates (subject to hydrolysis) is 1. The summed E-state index contributed by atoms with van der Waals surface area (Å²) >= 11 is 0. The summed E-state index contributed by atoms with van der Waals surface area (Å²) < 4.78 is 10.5. The molecular weight excluding hydrogens is 372 g/mol. The van der Waals surface area contributed by atoms with Crippen molar-refractivity contribution in [2.75, 3.05) is 19.1 Å². The van der Waals surface area contributed by atoms with Crippen molar-refractivity contribution in [3.05, 3.63) is 54.1 Å². The summed E-state index contributed by atoms with van der Waals surface area (Å²) in [6, 6.07) is 12.7. The van der Waals surface area contributed by atoms with E-state index in [1.807, 2.05) is 0 Å². The Kier molecular flexibility index (Phi) is 7.09. The number of nitrogens with one attached hydrogen (secondary N) is 1. The number of phenolic OH excluding ortho intramolecular Hbond substituents is 1. The number of aromatic hydroxyl groups is 1. The normalized spacial score (nSPS) is 12.0. The highest BCUT2D eigenvalue weighted by Gasteiger charge is 2.27. The van der Waals surface area contributed by atoms with Crippen molar-refractivity contribution in [2.24, 2.45) is 0 Å². The summed E-state index contributed by atoms with van der Waals surface area (Å²) in [6.07, 6.45) is -0.480. The summed E-state index contributed by atoms with van der Waals surface area (Å²) in [5.41, 5.74) is 0.676. The molecule has 0 aliphatic heterocycles. The molecule has 156 valence electrons. The molecule has 0 spiro atoms. The average Bonchev–Trinajstić information content (AvgIpc) is 2.65. The van der Waals surface area contributed by atoms with Gasteiger partial charge in [0.1, 0.15) is 23.1 Å². The van der Waals surface area contributed by atoms with Crippen LogP contribution in [0.2, 0.25) is 0 Å². The van der Waals surface area contributed by atoms with Crippen LogP contribution in [0.5, 0.6) is 11.5 Å². The topological polar surface area (TPSA) is 88.1 Å². The predicted octanol–water partition coefficient (Wildman–Crippen LogP) is 3.50. The Bertz CT molecular complexity index is 843. The van der Waals surface area contributed by atoms with Crippen LogP contribution >= 0.6 is 0 Å². The van der Waals surface area contributed by atoms with E-state index in [1.165, 1.54) is 4.90 Å². The van der Waals surface area contributed by atoms with E-state index >= 15 is 0 Å². The van der Waals surface area contributed by atoms with Crippen LogP contribution in [0, 0.1) is 0 Å². The number of carbonyl (C=O) groups is 2. The fourth-order valence-corrected chi connectivity index (χ4v) is 2.74. The minimum absolute atomic E-state index is 0.0921. The van der Waals surface area contributed by atoms with Gasteiger partial charge in [0.15, 0.2) is 0 Å². The smallest absolute Gasteiger partial charge is 0.408 e. The number of benzene rings is 2. The maximum absolute atomic E-state index is 13.2. The number of hydrogen-bond donors (Lipinski definition) is 2. The third-order valence-corrected chi connectivity index (χ3v) is 4.13. The van der Waals surface area contributed by atoms with Gasteiger partial charge in [-0.1, -0.05) is 12.1 Å². The van der Waals surface area contributed by atoms with Crippen molar-refractivity contribution in [2.45, 2.75) is 38.8 Å². The van der Waals surface area contributed by atoms with Gasteiger partial charge in [-0.15, -0.1) is 0 Å². The number of carbonyl (C=O) groups excluding carboxylic acids is 2. The molecule has 0 heterocycles. The highest BCUT2D eigenvalue weighted by atomic mass is 16.6. The van der Waals surface area contributed by atoms with Crippen molar-refractivity contribution >= 4 is 17.7 Å². The molecule has 0 saturated carbocycles. The summed E-state index contributed by atoms with van der Waals surface area (Å²) in [5.74, 6) is 0.455. The molecule has 7 heteroatoms. The minimum Gasteiger partial charge on any atom is -0.508 e. The maximum Gasteiger partial charge on any atom is 0.408 e. The predicted molar refractivity (Wildman–Crippen MR) is 111 cm³/mol. The van der Waals surface area contributed by atoms with E-state index in [2.05, 4.69) is 5.32 Å². The molecule has 1 unspecified atom stereocenters. The molecule has 0 aliphatic carbocycles. The van der Waals surface area contributed by atoms with Crippen molar-refractivity contribution in [3.8, 4) is 11.5 Å². The van der Waals surface area contributed by atoms with E-state index in [0.29, 0.717) is 17.0 Å². The second kappa shape index (κ2) is 9.32. The second-order valence-corrected chi connectivity index (χ2v) is 7.67. The van der Waals surface area contributed by atoms with Crippen molar-refractivity contribution in [3.63, 3.8) is 0 Å². The first kappa shape index (κ1) is 22.1. The number of nitrogens with zero attached hydrogens (tertiary/aromatic N) is 1. The third kappa shape index (κ3) is 6.71. The Morgan fingerprint density at radius 1 is 1.14 bits per heavy atom. The highest BCUT2D eigenvalue weighted by molar-refractivity contribution is 5.98. The van der Waals surface area contributed by atoms with E-state index < -0.39 is 17.7 Å². The van der Waals surface area contributed by atoms with Gasteiger partial charge < -0.3 is 24.8 Å². The lowest BCUT2D eigenvalue weighted by Gasteiger charge is -2.27. The highest BCUT2D eigenvalue weighted by Crippen LogP contribution is 2.20. The minimum atomic E-state index is -0.876. The van der Waals surface area contributed by atoms with E-state index in [-0.39, 0.29) is 18.1 Å². The first-order valence-electron chi connectivity index (χ1n) is 9.28. The fourth-order valence-electron chi connectivity index (χ4n) is 2.74. The molecule has 0 aromatic heterocycles. The summed E-state index contributed by atoms with van der Waals surface area (Å²) in [4.78, 5) is 26.9. The van der Waals surface area contributed by atoms with Crippen molar-refractivity contribution in [1.82, 2.24) is 5.32 Å². The maximum atomic E-state index is 13.2. The summed E-state index contributed by atoms with van der Waals surface area (Å²) in [5, 5.41) is 12.4. The molecule has 2 amide bonds. The number of phenols is 1. The first-order chi connectivity index (χ1) is 13.6. The fraction of sp³-hybridized carbons (Fsp3) is 0.364. The standard InChI is InChI=1S/C22H28N2O5/c1-22(2,3)29-21(27)23-19(14-15-7-6-8-17(25)13-15)20(26)24(4)16-9-11-18(28-5)12-10-16/h6-13,19,25H,14H2,1-5H3,(H,23,27). The molecular formula is C22H28N2O5. The number of hydrogen-bond acceptors (Lipinski definition) is 5. The van der Waals surface area contributed by atoms with Gasteiger partial charge in [0.25, 0.3) is 0 Å². The van der Waals surface area contributed by atoms with Crippen LogP contribution in [0.1, 0.15) is 26.3 Å². The summed E-state index contributed by atoms with van der Waals surface area (Å²) in [7, 11) is 3.20. The molecule has 0 aliphatic rings. The van der Waals surface area contributed by atoms with Crippen molar-refractivity contribution < 1.29 is 24.2 Å². The Labute approximate surface area is 171 Å². The van der Waals surface area contributed by atoms with E-state index in [1.54, 1.807) is 83.5 Å². The number of anilines is 1. The lowest BCUT2D eigenvalue weighted by molar-refractivity contribution is -0.120. The monoisotopic (exact) mass is 400 g/mol. The quantitative estimate of drug-likeness (QED) is 0.775. The Morgan fingerprint density at radius 3 is 2.34 bits per heavy atom. The van der Waals surface area contributed by atoms with E-state index in [4.69, 9.17) is 9.47 Å². The molecule has 0 fully saturated rings. The molecule has 0 radical (unpaired) electrons. The van der Waals surface area contributed by atoms with Crippen LogP contribution in [-0.4, -0.2) is 42.9 Å². The molecule has 1 atom stereocenters. The van der Waals surface area contributed by atoms with Gasteiger partial charge in [0, 0.05) is 19.2 Å². The van der Waals surface area contributed by atoms with E-state index in [9.17, 15) is 14.7 Å². The van der Waals surface area contributed by atoms with Gasteiger partial charge in [-0.3, -0.25) is 4.79 Å². The van der Waals surface area contributed by atoms with Gasteiger partial charge >= 0.3 is 6.09 Å². The lowest BCUT2D eigenvalue weighted by atomic mass is 10.0. The van der Waals surface area contributed by atoms with E-state index in [0.717, 1.165) is 0 Å². The van der Waals surface area contributed by atoms with Gasteiger partial charge in [-0.2, -0.15) is 0 Å². The van der Waals surface area contributed by atoms with Crippen LogP contribution in [-0.2, 0) is 16.0 Å². The zero-order chi connectivity index (χ0) is 21.6. The largest absolute Gasteiger partial charge is 0.508 e. The van der Waals surface area contributed by atoms with Crippen LogP contribution in [0.15, 0.2) is 48.5 Å². The Morgan fingerprint density at radius 2 is 1.79 bits per heavy atom. The first-order valence-corrected chi connectivity index (χ1v) is 9.28. The molecule has 0 bridgehead atoms. The van der Waals surface area contributed by atoms with Gasteiger partial charge in [0.2, 0.25) is 5.91 Å². The van der Waals surface area contributed by atoms with Crippen molar-refractivity contribution in [1.29, 1.82) is 0 Å². The lowest BCUT2D eigenvalue weighted by Crippen LogP contribution is -2.50. The molecule has 2 aromatic rings. The average molecular weight is 400 g/mol. The van der Waals surface area contributed by atoms with Gasteiger partial charge in [0.05, 0.1) is 7.11 Å². The Balaban J connectivity index is 2.23. The molecule has 29 heavy (non-hydrogen) atoms. The zero-order valence-corrected chi connectivity index (χ0v) is 17.4. The number of likely N-dealkylation sites (N-methyl/N-ethyl adjacent to an activating group) is 1. The SMILES string of the molecule is COc1ccc(N(C)C(=O)C(Cc2cccc(O)c2)NC(=O)OC(C)(C)C)cc1. The van der Waals surface area contributed by atoms with Crippen LogP contribution in [0.4, 0.5) is 10.5 Å². The molecule has 2 aromatic carbocycles. The van der Waals surface area contributed by atoms with Gasteiger partial charge in [-0.25, -0.2) is 4.79 Å². The number of rotatable bonds is 6. The Hall–Kier alpha value is -3.22. The van der Waals surface area contributed by atoms with Crippen LogP contribution in [0.3, 0.4) is 0 Å². The number of methoxy groups -OCH3 is 1. The molecule has 2 N–H and O–H groups in total. The molecule has 0 saturated heterocycles. The zero-order valence-electron chi connectivity index (χ0n) is 17.4. The van der Waals surface area contributed by atoms with Crippen LogP contribution < -0.4 is 15.0 Å². The van der Waals surface area contributed by atoms with Crippen LogP contribution in [0.25, 0.3) is 0 Å². The summed E-state index contributed by atoms with van der Waals surface area (Å²) in [6.45, 7) is 5.26. The molecule has 7 nitrogen and oxygen atoms in total. The van der Waals surface area contributed by atoms with Gasteiger partial charge in [-0.05, 0) is 62.7 Å². The number of amides is 2. The third-order valence-electron chi connectivity index (χ3n) is 4.13. The molecule has 2 rings (SSSR count). The number of ether oxygens (including phenoxy) is 2.